The van der Waals surface area contributed by atoms with Crippen LogP contribution in [0.15, 0.2) is 6.20 Å². The largest absolute Gasteiger partial charge is 0.465 e. The Hall–Kier alpha value is -1.10. The lowest BCUT2D eigenvalue weighted by molar-refractivity contribution is 0.0606. The molecule has 1 aromatic rings. The van der Waals surface area contributed by atoms with Crippen molar-refractivity contribution in [2.45, 2.75) is 52.0 Å². The van der Waals surface area contributed by atoms with Gasteiger partial charge in [-0.3, -0.25) is 0 Å². The highest BCUT2D eigenvalue weighted by molar-refractivity contribution is 7.17. The molecule has 0 aliphatic heterocycles. The number of hydrogen-bond acceptors (Lipinski definition) is 5. The van der Waals surface area contributed by atoms with E-state index in [9.17, 15) is 4.79 Å². The number of ether oxygens (including phenoxy) is 1. The van der Waals surface area contributed by atoms with Gasteiger partial charge in [0, 0.05) is 12.6 Å². The number of thiazole rings is 1. The standard InChI is InChI=1S/C15H24N2O2S/c1-11(2)8-9-17(12-6-4-5-7-12)15-16-10-13(20-15)14(18)19-3/h10-12H,4-9H2,1-3H3. The maximum absolute atomic E-state index is 11.6. The first-order chi connectivity index (χ1) is 9.61. The van der Waals surface area contributed by atoms with Crippen molar-refractivity contribution in [3.63, 3.8) is 0 Å². The Morgan fingerprint density at radius 3 is 2.80 bits per heavy atom. The second-order valence-corrected chi connectivity index (χ2v) is 6.82. The van der Waals surface area contributed by atoms with Crippen LogP contribution in [0.4, 0.5) is 5.13 Å². The molecular weight excluding hydrogens is 272 g/mol. The van der Waals surface area contributed by atoms with Gasteiger partial charge < -0.3 is 9.64 Å². The van der Waals surface area contributed by atoms with Gasteiger partial charge >= 0.3 is 5.97 Å². The summed E-state index contributed by atoms with van der Waals surface area (Å²) in [5, 5.41) is 0.970. The molecule has 1 saturated carbocycles. The molecule has 0 N–H and O–H groups in total. The number of methoxy groups -OCH3 is 1. The van der Waals surface area contributed by atoms with Gasteiger partial charge in [0.15, 0.2) is 5.13 Å². The quantitative estimate of drug-likeness (QED) is 0.750. The highest BCUT2D eigenvalue weighted by atomic mass is 32.1. The van der Waals surface area contributed by atoms with Gasteiger partial charge in [-0.15, -0.1) is 0 Å². The zero-order valence-corrected chi connectivity index (χ0v) is 13.4. The van der Waals surface area contributed by atoms with E-state index < -0.39 is 0 Å². The van der Waals surface area contributed by atoms with E-state index >= 15 is 0 Å². The van der Waals surface area contributed by atoms with Gasteiger partial charge in [0.25, 0.3) is 0 Å². The van der Waals surface area contributed by atoms with Gasteiger partial charge in [0.05, 0.1) is 13.3 Å². The minimum Gasteiger partial charge on any atom is -0.465 e. The zero-order chi connectivity index (χ0) is 14.5. The highest BCUT2D eigenvalue weighted by Gasteiger charge is 2.25. The summed E-state index contributed by atoms with van der Waals surface area (Å²) in [7, 11) is 1.41. The number of anilines is 1. The fraction of sp³-hybridized carbons (Fsp3) is 0.733. The van der Waals surface area contributed by atoms with Crippen molar-refractivity contribution in [2.24, 2.45) is 5.92 Å². The van der Waals surface area contributed by atoms with E-state index in [0.29, 0.717) is 16.8 Å². The summed E-state index contributed by atoms with van der Waals surface area (Å²) in [5.41, 5.74) is 0. The first-order valence-corrected chi connectivity index (χ1v) is 8.24. The van der Waals surface area contributed by atoms with Crippen molar-refractivity contribution < 1.29 is 9.53 Å². The molecule has 1 aromatic heterocycles. The molecule has 0 amide bonds. The molecule has 1 aliphatic rings. The summed E-state index contributed by atoms with van der Waals surface area (Å²) in [6.45, 7) is 5.51. The van der Waals surface area contributed by atoms with Crippen LogP contribution in [0.5, 0.6) is 0 Å². The number of aromatic nitrogens is 1. The normalized spacial score (nSPS) is 15.8. The van der Waals surface area contributed by atoms with Gasteiger partial charge in [0.2, 0.25) is 0 Å². The lowest BCUT2D eigenvalue weighted by Crippen LogP contribution is -2.34. The average Bonchev–Trinajstić information content (AvgIpc) is 3.09. The number of rotatable bonds is 6. The van der Waals surface area contributed by atoms with Crippen LogP contribution in [-0.4, -0.2) is 30.6 Å². The smallest absolute Gasteiger partial charge is 0.349 e. The van der Waals surface area contributed by atoms with E-state index in [0.717, 1.165) is 18.1 Å². The molecule has 0 spiro atoms. The fourth-order valence-corrected chi connectivity index (χ4v) is 3.57. The molecule has 0 aromatic carbocycles. The predicted octanol–water partition coefficient (Wildman–Crippen LogP) is 3.72. The van der Waals surface area contributed by atoms with Gasteiger partial charge in [0.1, 0.15) is 4.88 Å². The number of nitrogens with zero attached hydrogens (tertiary/aromatic N) is 2. The van der Waals surface area contributed by atoms with E-state index in [1.807, 2.05) is 0 Å². The van der Waals surface area contributed by atoms with E-state index in [-0.39, 0.29) is 5.97 Å². The van der Waals surface area contributed by atoms with Crippen molar-refractivity contribution in [3.05, 3.63) is 11.1 Å². The first kappa shape index (κ1) is 15.3. The summed E-state index contributed by atoms with van der Waals surface area (Å²) in [4.78, 5) is 19.0. The van der Waals surface area contributed by atoms with E-state index in [2.05, 4.69) is 23.7 Å². The molecule has 0 atom stereocenters. The molecule has 2 rings (SSSR count). The van der Waals surface area contributed by atoms with Crippen molar-refractivity contribution >= 4 is 22.4 Å². The van der Waals surface area contributed by atoms with Crippen LogP contribution in [0.25, 0.3) is 0 Å². The van der Waals surface area contributed by atoms with Crippen molar-refractivity contribution in [2.75, 3.05) is 18.6 Å². The first-order valence-electron chi connectivity index (χ1n) is 7.42. The molecule has 1 heterocycles. The SMILES string of the molecule is COC(=O)c1cnc(N(CCC(C)C)C2CCCC2)s1. The Labute approximate surface area is 125 Å². The Morgan fingerprint density at radius 1 is 1.50 bits per heavy atom. The van der Waals surface area contributed by atoms with Gasteiger partial charge in [-0.2, -0.15) is 0 Å². The highest BCUT2D eigenvalue weighted by Crippen LogP contribution is 2.31. The Morgan fingerprint density at radius 2 is 2.20 bits per heavy atom. The van der Waals surface area contributed by atoms with Crippen molar-refractivity contribution in [3.8, 4) is 0 Å². The molecule has 0 unspecified atom stereocenters. The lowest BCUT2D eigenvalue weighted by atomic mass is 10.1. The molecule has 5 heteroatoms. The number of esters is 1. The summed E-state index contributed by atoms with van der Waals surface area (Å²) in [6, 6.07) is 0.588. The van der Waals surface area contributed by atoms with E-state index in [1.165, 1.54) is 44.1 Å². The average molecular weight is 296 g/mol. The zero-order valence-electron chi connectivity index (χ0n) is 12.6. The van der Waals surface area contributed by atoms with Crippen LogP contribution >= 0.6 is 11.3 Å². The summed E-state index contributed by atoms with van der Waals surface area (Å²) in [6.07, 6.45) is 7.89. The minimum absolute atomic E-state index is 0.288. The van der Waals surface area contributed by atoms with Crippen LogP contribution in [-0.2, 0) is 4.74 Å². The molecule has 1 fully saturated rings. The molecule has 112 valence electrons. The number of carbonyl (C=O) groups excluding carboxylic acids is 1. The van der Waals surface area contributed by atoms with Crippen LogP contribution in [0.1, 0.15) is 55.6 Å². The number of carbonyl (C=O) groups is 1. The Bertz CT molecular complexity index is 439. The van der Waals surface area contributed by atoms with Crippen LogP contribution in [0.3, 0.4) is 0 Å². The Balaban J connectivity index is 2.12. The molecular formula is C15H24N2O2S. The van der Waals surface area contributed by atoms with Gasteiger partial charge in [-0.1, -0.05) is 38.0 Å². The summed E-state index contributed by atoms with van der Waals surface area (Å²) >= 11 is 1.45. The summed E-state index contributed by atoms with van der Waals surface area (Å²) in [5.74, 6) is 0.392. The third-order valence-corrected chi connectivity index (χ3v) is 4.85. The topological polar surface area (TPSA) is 42.4 Å². The third kappa shape index (κ3) is 3.72. The second-order valence-electron chi connectivity index (χ2n) is 5.81. The minimum atomic E-state index is -0.288. The van der Waals surface area contributed by atoms with E-state index in [4.69, 9.17) is 4.74 Å². The predicted molar refractivity (Wildman–Crippen MR) is 82.5 cm³/mol. The fourth-order valence-electron chi connectivity index (χ4n) is 2.64. The third-order valence-electron chi connectivity index (χ3n) is 3.84. The molecule has 0 bridgehead atoms. The lowest BCUT2D eigenvalue weighted by Gasteiger charge is -2.29. The maximum atomic E-state index is 11.6. The molecule has 20 heavy (non-hydrogen) atoms. The number of hydrogen-bond donors (Lipinski definition) is 0. The van der Waals surface area contributed by atoms with Crippen molar-refractivity contribution in [1.82, 2.24) is 4.98 Å². The maximum Gasteiger partial charge on any atom is 0.349 e. The van der Waals surface area contributed by atoms with Crippen LogP contribution in [0, 0.1) is 5.92 Å². The van der Waals surface area contributed by atoms with Gasteiger partial charge in [-0.05, 0) is 25.2 Å². The second kappa shape index (κ2) is 7.07. The molecule has 0 radical (unpaired) electrons. The van der Waals surface area contributed by atoms with Crippen LogP contribution in [0.2, 0.25) is 0 Å². The molecule has 4 nitrogen and oxygen atoms in total. The van der Waals surface area contributed by atoms with Crippen molar-refractivity contribution in [1.29, 1.82) is 0 Å². The molecule has 0 saturated heterocycles. The Kier molecular flexibility index (Phi) is 5.40. The molecule has 1 aliphatic carbocycles. The van der Waals surface area contributed by atoms with Gasteiger partial charge in [-0.25, -0.2) is 9.78 Å². The van der Waals surface area contributed by atoms with Crippen LogP contribution < -0.4 is 4.90 Å². The monoisotopic (exact) mass is 296 g/mol. The van der Waals surface area contributed by atoms with E-state index in [1.54, 1.807) is 6.20 Å². The summed E-state index contributed by atoms with van der Waals surface area (Å²) < 4.78 is 4.77.